The average Bonchev–Trinajstić information content (AvgIpc) is 2.67. The van der Waals surface area contributed by atoms with Crippen LogP contribution in [0.1, 0.15) is 35.6 Å². The van der Waals surface area contributed by atoms with E-state index in [1.54, 1.807) is 11.8 Å². The highest BCUT2D eigenvalue weighted by Gasteiger charge is 2.22. The van der Waals surface area contributed by atoms with Crippen molar-refractivity contribution in [3.05, 3.63) is 65.2 Å². The van der Waals surface area contributed by atoms with Gasteiger partial charge in [-0.2, -0.15) is 0 Å². The number of hydrogen-bond donors (Lipinski definition) is 2. The highest BCUT2D eigenvalue weighted by molar-refractivity contribution is 7.98. The molecular formula is C22H30NO2S+. The Kier molecular flexibility index (Phi) is 7.15. The number of aliphatic hydroxyl groups excluding tert-OH is 1. The first-order chi connectivity index (χ1) is 12.7. The predicted molar refractivity (Wildman–Crippen MR) is 108 cm³/mol. The van der Waals surface area contributed by atoms with Gasteiger partial charge in [0.2, 0.25) is 0 Å². The molecule has 0 amide bonds. The Hall–Kier alpha value is -1.33. The van der Waals surface area contributed by atoms with Gasteiger partial charge in [0.25, 0.3) is 0 Å². The lowest BCUT2D eigenvalue weighted by atomic mass is 9.89. The minimum atomic E-state index is -0.436. The maximum Gasteiger partial charge on any atom is 0.126 e. The van der Waals surface area contributed by atoms with Gasteiger partial charge in [-0.15, -0.1) is 11.8 Å². The third kappa shape index (κ3) is 5.34. The van der Waals surface area contributed by atoms with Crippen LogP contribution in [0.2, 0.25) is 0 Å². The molecule has 0 radical (unpaired) electrons. The summed E-state index contributed by atoms with van der Waals surface area (Å²) in [6.45, 7) is 2.01. The first kappa shape index (κ1) is 19.4. The smallest absolute Gasteiger partial charge is 0.126 e. The first-order valence-corrected chi connectivity index (χ1v) is 10.7. The summed E-state index contributed by atoms with van der Waals surface area (Å²) < 4.78 is 6.09. The predicted octanol–water partition coefficient (Wildman–Crippen LogP) is 2.88. The van der Waals surface area contributed by atoms with Crippen molar-refractivity contribution in [2.24, 2.45) is 0 Å². The van der Waals surface area contributed by atoms with Crippen molar-refractivity contribution in [2.45, 2.75) is 42.9 Å². The maximum atomic E-state index is 10.4. The van der Waals surface area contributed by atoms with E-state index in [-0.39, 0.29) is 6.10 Å². The molecule has 3 nitrogen and oxygen atoms in total. The lowest BCUT2D eigenvalue weighted by Gasteiger charge is -2.27. The number of benzene rings is 2. The summed E-state index contributed by atoms with van der Waals surface area (Å²) in [6, 6.07) is 17.2. The number of aryl methyl sites for hydroxylation is 1. The monoisotopic (exact) mass is 372 g/mol. The zero-order valence-electron chi connectivity index (χ0n) is 15.8. The summed E-state index contributed by atoms with van der Waals surface area (Å²) >= 11 is 1.76. The molecule has 2 aromatic rings. The fourth-order valence-corrected chi connectivity index (χ4v) is 4.14. The third-order valence-electron chi connectivity index (χ3n) is 5.05. The second kappa shape index (κ2) is 9.56. The minimum Gasteiger partial charge on any atom is -0.385 e. The van der Waals surface area contributed by atoms with Gasteiger partial charge >= 0.3 is 0 Å². The van der Waals surface area contributed by atoms with E-state index >= 15 is 0 Å². The summed E-state index contributed by atoms with van der Waals surface area (Å²) in [6.07, 6.45) is 5.14. The van der Waals surface area contributed by atoms with E-state index < -0.39 is 6.10 Å². The number of nitrogens with one attached hydrogen (secondary N) is 1. The van der Waals surface area contributed by atoms with Crippen LogP contribution in [0.15, 0.2) is 53.4 Å². The van der Waals surface area contributed by atoms with Crippen molar-refractivity contribution in [1.29, 1.82) is 0 Å². The Morgan fingerprint density at radius 3 is 2.73 bits per heavy atom. The molecule has 26 heavy (non-hydrogen) atoms. The van der Waals surface area contributed by atoms with Crippen LogP contribution in [-0.4, -0.2) is 37.7 Å². The van der Waals surface area contributed by atoms with Crippen LogP contribution in [0, 0.1) is 0 Å². The number of rotatable bonds is 8. The molecule has 0 bridgehead atoms. The van der Waals surface area contributed by atoms with Crippen molar-refractivity contribution in [3.8, 4) is 0 Å². The molecule has 3 rings (SSSR count). The first-order valence-electron chi connectivity index (χ1n) is 9.47. The fourth-order valence-electron chi connectivity index (χ4n) is 3.73. The van der Waals surface area contributed by atoms with E-state index in [9.17, 15) is 5.11 Å². The van der Waals surface area contributed by atoms with Gasteiger partial charge in [-0.1, -0.05) is 36.4 Å². The second-order valence-corrected chi connectivity index (χ2v) is 8.13. The maximum absolute atomic E-state index is 10.4. The Morgan fingerprint density at radius 2 is 1.96 bits per heavy atom. The van der Waals surface area contributed by atoms with Gasteiger partial charge < -0.3 is 14.7 Å². The number of fused-ring (bicyclic) bond motifs is 1. The number of thioether (sulfide) groups is 1. The molecule has 0 saturated heterocycles. The van der Waals surface area contributed by atoms with E-state index in [1.165, 1.54) is 26.5 Å². The highest BCUT2D eigenvalue weighted by Crippen LogP contribution is 2.32. The summed E-state index contributed by atoms with van der Waals surface area (Å²) in [7, 11) is 2.13. The van der Waals surface area contributed by atoms with E-state index in [0.29, 0.717) is 13.2 Å². The molecule has 0 fully saturated rings. The molecule has 0 aromatic heterocycles. The highest BCUT2D eigenvalue weighted by atomic mass is 32.2. The van der Waals surface area contributed by atoms with Crippen molar-refractivity contribution in [3.63, 3.8) is 0 Å². The molecule has 0 aliphatic heterocycles. The van der Waals surface area contributed by atoms with Gasteiger partial charge in [0.1, 0.15) is 19.2 Å². The van der Waals surface area contributed by atoms with Crippen LogP contribution in [0.25, 0.3) is 0 Å². The molecule has 2 aromatic carbocycles. The molecule has 140 valence electrons. The molecule has 0 spiro atoms. The van der Waals surface area contributed by atoms with Crippen molar-refractivity contribution >= 4 is 11.8 Å². The topological polar surface area (TPSA) is 33.9 Å². The van der Waals surface area contributed by atoms with Gasteiger partial charge in [-0.05, 0) is 48.8 Å². The van der Waals surface area contributed by atoms with E-state index in [4.69, 9.17) is 4.74 Å². The number of aliphatic hydroxyl groups is 1. The molecule has 1 aliphatic rings. The molecule has 1 unspecified atom stereocenters. The molecule has 0 saturated carbocycles. The van der Waals surface area contributed by atoms with Crippen LogP contribution >= 0.6 is 11.8 Å². The molecular weight excluding hydrogens is 342 g/mol. The Bertz CT molecular complexity index is 689. The summed E-state index contributed by atoms with van der Waals surface area (Å²) in [5.74, 6) is 0. The third-order valence-corrected chi connectivity index (χ3v) is 5.80. The largest absolute Gasteiger partial charge is 0.385 e. The van der Waals surface area contributed by atoms with E-state index in [1.807, 2.05) is 0 Å². The standard InChI is InChI=1S/C22H29NO2S/c1-23(14-17-10-12-20(26-2)13-11-17)15-19(24)16-25-22-9-5-7-18-6-3-4-8-21(18)22/h3-4,6,8,10-13,19,22,24H,5,7,9,14-16H2,1-2H3/p+1/t19-,22-/m1/s1. The van der Waals surface area contributed by atoms with Crippen LogP contribution in [0.5, 0.6) is 0 Å². The SMILES string of the molecule is CSc1ccc(C[NH+](C)C[C@@H](O)CO[C@@H]2CCCc3ccccc32)cc1. The Balaban J connectivity index is 1.46. The second-order valence-electron chi connectivity index (χ2n) is 7.25. The molecule has 1 aliphatic carbocycles. The number of hydrogen-bond acceptors (Lipinski definition) is 3. The molecule has 3 atom stereocenters. The molecule has 4 heteroatoms. The number of quaternary nitrogens is 1. The minimum absolute atomic E-state index is 0.133. The van der Waals surface area contributed by atoms with Crippen LogP contribution in [-0.2, 0) is 17.7 Å². The lowest BCUT2D eigenvalue weighted by Crippen LogP contribution is -3.08. The zero-order chi connectivity index (χ0) is 18.4. The van der Waals surface area contributed by atoms with Crippen LogP contribution < -0.4 is 4.90 Å². The van der Waals surface area contributed by atoms with Gasteiger partial charge in [-0.3, -0.25) is 0 Å². The van der Waals surface area contributed by atoms with E-state index in [2.05, 4.69) is 61.8 Å². The summed E-state index contributed by atoms with van der Waals surface area (Å²) in [4.78, 5) is 2.58. The molecule has 2 N–H and O–H groups in total. The Labute approximate surface area is 161 Å². The van der Waals surface area contributed by atoms with Crippen molar-refractivity contribution in [2.75, 3.05) is 26.5 Å². The van der Waals surface area contributed by atoms with Crippen molar-refractivity contribution in [1.82, 2.24) is 0 Å². The lowest BCUT2D eigenvalue weighted by molar-refractivity contribution is -0.897. The van der Waals surface area contributed by atoms with E-state index in [0.717, 1.165) is 25.8 Å². The van der Waals surface area contributed by atoms with Crippen LogP contribution in [0.3, 0.4) is 0 Å². The summed E-state index contributed by atoms with van der Waals surface area (Å²) in [5.41, 5.74) is 4.00. The quantitative estimate of drug-likeness (QED) is 0.699. The normalized spacial score (nSPS) is 19.0. The number of ether oxygens (including phenoxy) is 1. The number of likely N-dealkylation sites (N-methyl/N-ethyl adjacent to an activating group) is 1. The van der Waals surface area contributed by atoms with Gasteiger partial charge in [-0.25, -0.2) is 0 Å². The molecule has 0 heterocycles. The van der Waals surface area contributed by atoms with Gasteiger partial charge in [0.05, 0.1) is 19.8 Å². The van der Waals surface area contributed by atoms with Gasteiger partial charge in [0.15, 0.2) is 0 Å². The van der Waals surface area contributed by atoms with Crippen molar-refractivity contribution < 1.29 is 14.7 Å². The average molecular weight is 373 g/mol. The fraction of sp³-hybridized carbons (Fsp3) is 0.455. The van der Waals surface area contributed by atoms with Gasteiger partial charge in [0, 0.05) is 10.5 Å². The zero-order valence-corrected chi connectivity index (χ0v) is 16.6. The Morgan fingerprint density at radius 1 is 1.19 bits per heavy atom. The van der Waals surface area contributed by atoms with Crippen LogP contribution in [0.4, 0.5) is 0 Å². The summed E-state index contributed by atoms with van der Waals surface area (Å²) in [5, 5.41) is 10.4.